The Morgan fingerprint density at radius 2 is 2.26 bits per heavy atom. The Labute approximate surface area is 112 Å². The third kappa shape index (κ3) is 2.05. The number of aryl methyl sites for hydroxylation is 1. The molecule has 5 heteroatoms. The maximum Gasteiger partial charge on any atom is 0.181 e. The van der Waals surface area contributed by atoms with Gasteiger partial charge in [-0.3, -0.25) is 0 Å². The van der Waals surface area contributed by atoms with E-state index >= 15 is 0 Å². The summed E-state index contributed by atoms with van der Waals surface area (Å²) in [5.74, 6) is 2.99. The molecule has 0 spiro atoms. The van der Waals surface area contributed by atoms with Crippen molar-refractivity contribution in [1.29, 1.82) is 0 Å². The molecule has 1 aromatic heterocycles. The molecule has 2 heterocycles. The van der Waals surface area contributed by atoms with Crippen LogP contribution < -0.4 is 10.5 Å². The lowest BCUT2D eigenvalue weighted by Gasteiger charge is -2.17. The maximum atomic E-state index is 5.93. The van der Waals surface area contributed by atoms with Crippen LogP contribution in [-0.2, 0) is 6.54 Å². The zero-order chi connectivity index (χ0) is 13.4. The third-order valence-electron chi connectivity index (χ3n) is 3.64. The average Bonchev–Trinajstić information content (AvgIpc) is 2.84. The molecule has 3 rings (SSSR count). The van der Waals surface area contributed by atoms with Gasteiger partial charge in [-0.2, -0.15) is 5.10 Å². The number of nitrogen functional groups attached to an aromatic ring is 1. The molecule has 0 aliphatic carbocycles. The molecule has 0 radical (unpaired) electrons. The number of methoxy groups -OCH3 is 1. The molecule has 1 aromatic carbocycles. The summed E-state index contributed by atoms with van der Waals surface area (Å²) >= 11 is 0. The molecule has 1 unspecified atom stereocenters. The highest BCUT2D eigenvalue weighted by Crippen LogP contribution is 2.30. The standard InChI is InChI=1S/C14H18N4O/c1-9-4-3-7-18-14(9)16-13(17-18)10-5-6-12(19-2)11(15)8-10/h5-6,8-9H,3-4,7,15H2,1-2H3. The van der Waals surface area contributed by atoms with E-state index in [4.69, 9.17) is 10.5 Å². The van der Waals surface area contributed by atoms with E-state index in [0.717, 1.165) is 23.8 Å². The lowest BCUT2D eigenvalue weighted by molar-refractivity contribution is 0.417. The molecule has 0 fully saturated rings. The molecule has 0 saturated heterocycles. The number of hydrogen-bond acceptors (Lipinski definition) is 4. The van der Waals surface area contributed by atoms with E-state index in [1.54, 1.807) is 7.11 Å². The zero-order valence-corrected chi connectivity index (χ0v) is 11.3. The van der Waals surface area contributed by atoms with Gasteiger partial charge >= 0.3 is 0 Å². The fraction of sp³-hybridized carbons (Fsp3) is 0.429. The summed E-state index contributed by atoms with van der Waals surface area (Å²) in [5, 5.41) is 4.58. The first-order valence-electron chi connectivity index (χ1n) is 6.57. The summed E-state index contributed by atoms with van der Waals surface area (Å²) in [5.41, 5.74) is 7.48. The topological polar surface area (TPSA) is 66.0 Å². The van der Waals surface area contributed by atoms with Crippen molar-refractivity contribution in [2.75, 3.05) is 12.8 Å². The SMILES string of the molecule is COc1ccc(-c2nc3n(n2)CCCC3C)cc1N. The summed E-state index contributed by atoms with van der Waals surface area (Å²) < 4.78 is 7.18. The van der Waals surface area contributed by atoms with Crippen LogP contribution in [0.5, 0.6) is 5.75 Å². The van der Waals surface area contributed by atoms with Gasteiger partial charge in [0, 0.05) is 18.0 Å². The van der Waals surface area contributed by atoms with Gasteiger partial charge in [0.15, 0.2) is 5.82 Å². The molecule has 5 nitrogen and oxygen atoms in total. The Morgan fingerprint density at radius 3 is 2.95 bits per heavy atom. The van der Waals surface area contributed by atoms with E-state index in [-0.39, 0.29) is 0 Å². The lowest BCUT2D eigenvalue weighted by atomic mass is 10.0. The van der Waals surface area contributed by atoms with Gasteiger partial charge in [-0.15, -0.1) is 0 Å². The highest BCUT2D eigenvalue weighted by Gasteiger charge is 2.21. The number of nitrogens with two attached hydrogens (primary N) is 1. The molecule has 0 bridgehead atoms. The number of ether oxygens (including phenoxy) is 1. The van der Waals surface area contributed by atoms with Crippen LogP contribution in [-0.4, -0.2) is 21.9 Å². The predicted molar refractivity (Wildman–Crippen MR) is 74.1 cm³/mol. The second-order valence-corrected chi connectivity index (χ2v) is 5.02. The fourth-order valence-corrected chi connectivity index (χ4v) is 2.56. The van der Waals surface area contributed by atoms with Crippen molar-refractivity contribution < 1.29 is 4.74 Å². The number of anilines is 1. The smallest absolute Gasteiger partial charge is 0.181 e. The van der Waals surface area contributed by atoms with Crippen LogP contribution in [0.3, 0.4) is 0 Å². The molecule has 0 saturated carbocycles. The Bertz CT molecular complexity index is 605. The number of rotatable bonds is 2. The second kappa shape index (κ2) is 4.57. The van der Waals surface area contributed by atoms with Gasteiger partial charge in [-0.1, -0.05) is 6.92 Å². The van der Waals surface area contributed by atoms with Crippen molar-refractivity contribution >= 4 is 5.69 Å². The number of aromatic nitrogens is 3. The molecule has 1 aliphatic rings. The minimum Gasteiger partial charge on any atom is -0.495 e. The van der Waals surface area contributed by atoms with Crippen LogP contribution in [0.1, 0.15) is 31.5 Å². The van der Waals surface area contributed by atoms with Gasteiger partial charge < -0.3 is 10.5 Å². The van der Waals surface area contributed by atoms with Crippen LogP contribution in [0.25, 0.3) is 11.4 Å². The number of fused-ring (bicyclic) bond motifs is 1. The quantitative estimate of drug-likeness (QED) is 0.840. The predicted octanol–water partition coefficient (Wildman–Crippen LogP) is 2.43. The Morgan fingerprint density at radius 1 is 1.42 bits per heavy atom. The van der Waals surface area contributed by atoms with Crippen molar-refractivity contribution in [3.05, 3.63) is 24.0 Å². The lowest BCUT2D eigenvalue weighted by Crippen LogP contribution is -2.14. The van der Waals surface area contributed by atoms with Crippen molar-refractivity contribution in [2.24, 2.45) is 0 Å². The number of nitrogens with zero attached hydrogens (tertiary/aromatic N) is 3. The molecular weight excluding hydrogens is 240 g/mol. The van der Waals surface area contributed by atoms with E-state index in [9.17, 15) is 0 Å². The fourth-order valence-electron chi connectivity index (χ4n) is 2.56. The molecule has 2 N–H and O–H groups in total. The minimum atomic E-state index is 0.477. The van der Waals surface area contributed by atoms with Crippen LogP contribution >= 0.6 is 0 Å². The van der Waals surface area contributed by atoms with E-state index in [2.05, 4.69) is 17.0 Å². The third-order valence-corrected chi connectivity index (χ3v) is 3.64. The van der Waals surface area contributed by atoms with Gasteiger partial charge in [-0.25, -0.2) is 9.67 Å². The van der Waals surface area contributed by atoms with Crippen molar-refractivity contribution in [2.45, 2.75) is 32.2 Å². The van der Waals surface area contributed by atoms with Crippen molar-refractivity contribution in [3.8, 4) is 17.1 Å². The molecule has 1 aliphatic heterocycles. The van der Waals surface area contributed by atoms with Gasteiger partial charge in [-0.05, 0) is 31.0 Å². The summed E-state index contributed by atoms with van der Waals surface area (Å²) in [7, 11) is 1.61. The summed E-state index contributed by atoms with van der Waals surface area (Å²) in [6.45, 7) is 3.16. The molecular formula is C14H18N4O. The molecule has 19 heavy (non-hydrogen) atoms. The Kier molecular flexibility index (Phi) is 2.89. The van der Waals surface area contributed by atoms with Gasteiger partial charge in [0.2, 0.25) is 0 Å². The number of benzene rings is 1. The summed E-state index contributed by atoms with van der Waals surface area (Å²) in [6, 6.07) is 5.67. The van der Waals surface area contributed by atoms with Gasteiger partial charge in [0.25, 0.3) is 0 Å². The second-order valence-electron chi connectivity index (χ2n) is 5.02. The largest absolute Gasteiger partial charge is 0.495 e. The Hall–Kier alpha value is -2.04. The van der Waals surface area contributed by atoms with Crippen molar-refractivity contribution in [3.63, 3.8) is 0 Å². The summed E-state index contributed by atoms with van der Waals surface area (Å²) in [6.07, 6.45) is 2.35. The Balaban J connectivity index is 2.01. The first kappa shape index (κ1) is 12.0. The number of hydrogen-bond donors (Lipinski definition) is 1. The molecule has 2 aromatic rings. The van der Waals surface area contributed by atoms with Crippen LogP contribution in [0.4, 0.5) is 5.69 Å². The molecule has 0 amide bonds. The first-order valence-corrected chi connectivity index (χ1v) is 6.57. The van der Waals surface area contributed by atoms with Crippen molar-refractivity contribution in [1.82, 2.24) is 14.8 Å². The van der Waals surface area contributed by atoms with Crippen LogP contribution in [0.2, 0.25) is 0 Å². The average molecular weight is 258 g/mol. The summed E-state index contributed by atoms with van der Waals surface area (Å²) in [4.78, 5) is 4.65. The van der Waals surface area contributed by atoms with Crippen LogP contribution in [0.15, 0.2) is 18.2 Å². The highest BCUT2D eigenvalue weighted by atomic mass is 16.5. The molecule has 100 valence electrons. The minimum absolute atomic E-state index is 0.477. The highest BCUT2D eigenvalue weighted by molar-refractivity contribution is 5.66. The van der Waals surface area contributed by atoms with Crippen LogP contribution in [0, 0.1) is 0 Å². The normalized spacial score (nSPS) is 18.1. The molecule has 1 atom stereocenters. The maximum absolute atomic E-state index is 5.93. The van der Waals surface area contributed by atoms with E-state index in [1.807, 2.05) is 22.9 Å². The monoisotopic (exact) mass is 258 g/mol. The van der Waals surface area contributed by atoms with E-state index in [0.29, 0.717) is 17.4 Å². The zero-order valence-electron chi connectivity index (χ0n) is 11.3. The van der Waals surface area contributed by atoms with E-state index < -0.39 is 0 Å². The van der Waals surface area contributed by atoms with E-state index in [1.165, 1.54) is 12.8 Å². The first-order chi connectivity index (χ1) is 9.19. The van der Waals surface area contributed by atoms with Gasteiger partial charge in [0.1, 0.15) is 11.6 Å². The van der Waals surface area contributed by atoms with Gasteiger partial charge in [0.05, 0.1) is 12.8 Å².